The summed E-state index contributed by atoms with van der Waals surface area (Å²) >= 11 is 0. The molecule has 0 spiro atoms. The van der Waals surface area contributed by atoms with Crippen LogP contribution in [-0.4, -0.2) is 0 Å². The zero-order valence-corrected chi connectivity index (χ0v) is 29.8. The normalized spacial score (nSPS) is 17.2. The van der Waals surface area contributed by atoms with Crippen LogP contribution in [0.2, 0.25) is 0 Å². The van der Waals surface area contributed by atoms with Crippen LogP contribution in [0.4, 0.5) is 0 Å². The summed E-state index contributed by atoms with van der Waals surface area (Å²) in [5, 5.41) is 19.2. The summed E-state index contributed by atoms with van der Waals surface area (Å²) in [4.78, 5) is 0. The van der Waals surface area contributed by atoms with Crippen LogP contribution in [0.3, 0.4) is 0 Å². The maximum Gasteiger partial charge on any atom is 0.0864 e. The molecule has 1 fully saturated rings. The fourth-order valence-corrected chi connectivity index (χ4v) is 8.37. The van der Waals surface area contributed by atoms with E-state index in [4.69, 9.17) is 0 Å². The Labute approximate surface area is 316 Å². The highest BCUT2D eigenvalue weighted by atomic mass is 15.4. The standard InChI is InChI=1S/C51H39N3/c1-4-14-34(15-5-1)35-24-28-40(29-25-35)50-52-49(39-19-8-3-9-20-39)53-51(54-50)41-30-26-38(27-31-41)47-44-23-13-12-22-43(44)46(37-17-6-2-7-18-37)45-33-32-36-16-10-11-21-42(36)48(45)47/h1-33,49-54H. The van der Waals surface area contributed by atoms with Gasteiger partial charge in [0.05, 0.1) is 18.5 Å². The van der Waals surface area contributed by atoms with E-state index in [9.17, 15) is 0 Å². The SMILES string of the molecule is c1ccc(-c2ccc(C3NC(c4ccccc4)NC(c4ccc(-c5c6ccccc6c(-c6ccccc6)c6ccc7ccccc7c56)cc4)N3)cc2)cc1. The molecule has 1 aliphatic rings. The van der Waals surface area contributed by atoms with E-state index in [1.807, 2.05) is 0 Å². The highest BCUT2D eigenvalue weighted by Crippen LogP contribution is 2.46. The molecular formula is C51H39N3. The van der Waals surface area contributed by atoms with E-state index in [1.54, 1.807) is 0 Å². The molecule has 1 heterocycles. The maximum atomic E-state index is 3.89. The fraction of sp³-hybridized carbons (Fsp3) is 0.0588. The summed E-state index contributed by atoms with van der Waals surface area (Å²) in [6.45, 7) is 0. The van der Waals surface area contributed by atoms with Crippen molar-refractivity contribution in [3.8, 4) is 33.4 Å². The average Bonchev–Trinajstić information content (AvgIpc) is 3.26. The van der Waals surface area contributed by atoms with Gasteiger partial charge >= 0.3 is 0 Å². The van der Waals surface area contributed by atoms with Crippen LogP contribution in [0, 0.1) is 0 Å². The van der Waals surface area contributed by atoms with Crippen molar-refractivity contribution in [2.45, 2.75) is 18.5 Å². The molecule has 10 rings (SSSR count). The zero-order valence-electron chi connectivity index (χ0n) is 29.8. The van der Waals surface area contributed by atoms with Crippen LogP contribution in [0.25, 0.3) is 65.7 Å². The number of fused-ring (bicyclic) bond motifs is 4. The third-order valence-corrected chi connectivity index (χ3v) is 11.0. The summed E-state index contributed by atoms with van der Waals surface area (Å²) in [7, 11) is 0. The van der Waals surface area contributed by atoms with Gasteiger partial charge in [0.15, 0.2) is 0 Å². The van der Waals surface area contributed by atoms with Crippen molar-refractivity contribution < 1.29 is 0 Å². The second-order valence-electron chi connectivity index (χ2n) is 14.2. The highest BCUT2D eigenvalue weighted by molar-refractivity contribution is 6.27. The maximum absolute atomic E-state index is 3.89. The highest BCUT2D eigenvalue weighted by Gasteiger charge is 2.30. The summed E-state index contributed by atoms with van der Waals surface area (Å²) in [6, 6.07) is 72.5. The van der Waals surface area contributed by atoms with E-state index < -0.39 is 0 Å². The molecule has 0 radical (unpaired) electrons. The van der Waals surface area contributed by atoms with Crippen LogP contribution < -0.4 is 16.0 Å². The van der Waals surface area contributed by atoms with Gasteiger partial charge in [-0.15, -0.1) is 0 Å². The molecular weight excluding hydrogens is 655 g/mol. The Bertz CT molecular complexity index is 2730. The Morgan fingerprint density at radius 1 is 0.259 bits per heavy atom. The lowest BCUT2D eigenvalue weighted by Crippen LogP contribution is -2.54. The number of hydrogen-bond acceptors (Lipinski definition) is 3. The first kappa shape index (κ1) is 32.3. The molecule has 258 valence electrons. The van der Waals surface area contributed by atoms with Crippen LogP contribution in [-0.2, 0) is 0 Å². The number of benzene rings is 9. The predicted molar refractivity (Wildman–Crippen MR) is 226 cm³/mol. The van der Waals surface area contributed by atoms with E-state index in [1.165, 1.54) is 82.4 Å². The van der Waals surface area contributed by atoms with E-state index in [2.05, 4.69) is 216 Å². The topological polar surface area (TPSA) is 36.1 Å². The van der Waals surface area contributed by atoms with Crippen molar-refractivity contribution in [2.75, 3.05) is 0 Å². The van der Waals surface area contributed by atoms with Crippen molar-refractivity contribution in [1.82, 2.24) is 16.0 Å². The lowest BCUT2D eigenvalue weighted by atomic mass is 9.84. The molecule has 3 N–H and O–H groups in total. The molecule has 0 aromatic heterocycles. The molecule has 3 heteroatoms. The molecule has 54 heavy (non-hydrogen) atoms. The molecule has 0 saturated carbocycles. The summed E-state index contributed by atoms with van der Waals surface area (Å²) in [5.41, 5.74) is 11.0. The Morgan fingerprint density at radius 3 is 1.26 bits per heavy atom. The molecule has 3 nitrogen and oxygen atoms in total. The van der Waals surface area contributed by atoms with Crippen LogP contribution >= 0.6 is 0 Å². The van der Waals surface area contributed by atoms with Gasteiger partial charge in [0, 0.05) is 0 Å². The second kappa shape index (κ2) is 13.9. The molecule has 3 unspecified atom stereocenters. The van der Waals surface area contributed by atoms with Gasteiger partial charge in [0.2, 0.25) is 0 Å². The molecule has 0 amide bonds. The van der Waals surface area contributed by atoms with Gasteiger partial charge in [0.1, 0.15) is 0 Å². The van der Waals surface area contributed by atoms with Crippen molar-refractivity contribution in [2.24, 2.45) is 0 Å². The number of nitrogens with one attached hydrogen (secondary N) is 3. The van der Waals surface area contributed by atoms with Crippen LogP contribution in [0.1, 0.15) is 35.2 Å². The molecule has 9 aromatic rings. The van der Waals surface area contributed by atoms with Gasteiger partial charge in [-0.3, -0.25) is 16.0 Å². The summed E-state index contributed by atoms with van der Waals surface area (Å²) < 4.78 is 0. The van der Waals surface area contributed by atoms with Gasteiger partial charge in [-0.25, -0.2) is 0 Å². The Morgan fingerprint density at radius 2 is 0.667 bits per heavy atom. The van der Waals surface area contributed by atoms with Gasteiger partial charge in [-0.05, 0) is 82.4 Å². The van der Waals surface area contributed by atoms with E-state index in [-0.39, 0.29) is 18.5 Å². The van der Waals surface area contributed by atoms with Crippen molar-refractivity contribution in [3.63, 3.8) is 0 Å². The lowest BCUT2D eigenvalue weighted by Gasteiger charge is -2.39. The predicted octanol–water partition coefficient (Wildman–Crippen LogP) is 12.3. The quantitative estimate of drug-likeness (QED) is 0.120. The molecule has 0 bridgehead atoms. The molecule has 0 aliphatic carbocycles. The Kier molecular flexibility index (Phi) is 8.31. The molecule has 3 atom stereocenters. The van der Waals surface area contributed by atoms with E-state index in [0.717, 1.165) is 0 Å². The molecule has 9 aromatic carbocycles. The number of hydrogen-bond donors (Lipinski definition) is 3. The van der Waals surface area contributed by atoms with Gasteiger partial charge < -0.3 is 0 Å². The van der Waals surface area contributed by atoms with Crippen LogP contribution in [0.5, 0.6) is 0 Å². The zero-order chi connectivity index (χ0) is 35.8. The lowest BCUT2D eigenvalue weighted by molar-refractivity contribution is 0.203. The summed E-state index contributed by atoms with van der Waals surface area (Å²) in [5.74, 6) is 0. The Hall–Kier alpha value is -6.36. The van der Waals surface area contributed by atoms with Crippen molar-refractivity contribution in [3.05, 3.63) is 217 Å². The van der Waals surface area contributed by atoms with E-state index >= 15 is 0 Å². The van der Waals surface area contributed by atoms with Crippen LogP contribution in [0.15, 0.2) is 200 Å². The third kappa shape index (κ3) is 5.85. The first-order valence-corrected chi connectivity index (χ1v) is 18.8. The van der Waals surface area contributed by atoms with Crippen molar-refractivity contribution in [1.29, 1.82) is 0 Å². The first-order valence-electron chi connectivity index (χ1n) is 18.8. The molecule has 1 saturated heterocycles. The third-order valence-electron chi connectivity index (χ3n) is 11.0. The number of rotatable bonds is 6. The first-order chi connectivity index (χ1) is 26.8. The monoisotopic (exact) mass is 693 g/mol. The summed E-state index contributed by atoms with van der Waals surface area (Å²) in [6.07, 6.45) is -0.185. The molecule has 1 aliphatic heterocycles. The van der Waals surface area contributed by atoms with Gasteiger partial charge in [-0.1, -0.05) is 200 Å². The Balaban J connectivity index is 1.07. The smallest absolute Gasteiger partial charge is 0.0864 e. The second-order valence-corrected chi connectivity index (χ2v) is 14.2. The average molecular weight is 694 g/mol. The minimum atomic E-state index is -0.0842. The van der Waals surface area contributed by atoms with E-state index in [0.29, 0.717) is 0 Å². The van der Waals surface area contributed by atoms with Gasteiger partial charge in [-0.2, -0.15) is 0 Å². The largest absolute Gasteiger partial charge is 0.279 e. The van der Waals surface area contributed by atoms with Crippen molar-refractivity contribution >= 4 is 32.3 Å². The minimum absolute atomic E-state index is 0.0410. The fourth-order valence-electron chi connectivity index (χ4n) is 8.37. The van der Waals surface area contributed by atoms with Gasteiger partial charge in [0.25, 0.3) is 0 Å². The minimum Gasteiger partial charge on any atom is -0.279 e.